The van der Waals surface area contributed by atoms with E-state index in [1.165, 1.54) is 0 Å². The number of anilines is 1. The number of carbonyl (C=O) groups is 1. The molecule has 0 aromatic carbocycles. The van der Waals surface area contributed by atoms with Gasteiger partial charge in [0.2, 0.25) is 15.2 Å². The molecule has 0 radical (unpaired) electrons. The van der Waals surface area contributed by atoms with Crippen molar-refractivity contribution in [1.29, 1.82) is 0 Å². The van der Waals surface area contributed by atoms with Gasteiger partial charge in [-0.15, -0.1) is 10.2 Å². The highest BCUT2D eigenvalue weighted by atomic mass is 32.2. The summed E-state index contributed by atoms with van der Waals surface area (Å²) in [5.41, 5.74) is -0.255. The molecule has 9 nitrogen and oxygen atoms in total. The van der Waals surface area contributed by atoms with Crippen LogP contribution in [0.25, 0.3) is 0 Å². The summed E-state index contributed by atoms with van der Waals surface area (Å²) in [5.74, 6) is -2.76. The molecule has 1 aliphatic carbocycles. The molecular weight excluding hydrogens is 449 g/mol. The highest BCUT2D eigenvalue weighted by molar-refractivity contribution is 7.90. The van der Waals surface area contributed by atoms with Crippen LogP contribution in [0, 0.1) is 6.92 Å². The molecule has 1 aromatic rings. The van der Waals surface area contributed by atoms with Crippen LogP contribution >= 0.6 is 11.3 Å². The van der Waals surface area contributed by atoms with Crippen LogP contribution in [-0.4, -0.2) is 72.5 Å². The lowest BCUT2D eigenvalue weighted by atomic mass is 9.90. The summed E-state index contributed by atoms with van der Waals surface area (Å²) in [5, 5.41) is 17.1. The minimum absolute atomic E-state index is 0.00884. The third kappa shape index (κ3) is 5.80. The maximum absolute atomic E-state index is 12.2. The summed E-state index contributed by atoms with van der Waals surface area (Å²) < 4.78 is 65.1. The third-order valence-corrected chi connectivity index (χ3v) is 8.04. The van der Waals surface area contributed by atoms with E-state index in [4.69, 9.17) is 14.6 Å². The maximum Gasteiger partial charge on any atom is 0.490 e. The number of sulfonamides is 1. The number of alkyl halides is 3. The summed E-state index contributed by atoms with van der Waals surface area (Å²) in [4.78, 5) is 11.1. The van der Waals surface area contributed by atoms with Gasteiger partial charge >= 0.3 is 12.1 Å². The highest BCUT2D eigenvalue weighted by Gasteiger charge is 2.46. The lowest BCUT2D eigenvalue weighted by Gasteiger charge is -2.38. The summed E-state index contributed by atoms with van der Waals surface area (Å²) in [6.45, 7) is 4.22. The van der Waals surface area contributed by atoms with Gasteiger partial charge in [0, 0.05) is 25.7 Å². The van der Waals surface area contributed by atoms with Crippen LogP contribution < -0.4 is 9.62 Å². The predicted molar refractivity (Wildman–Crippen MR) is 102 cm³/mol. The van der Waals surface area contributed by atoms with E-state index in [0.29, 0.717) is 6.61 Å². The average molecular weight is 473 g/mol. The van der Waals surface area contributed by atoms with Crippen molar-refractivity contribution in [1.82, 2.24) is 14.9 Å². The van der Waals surface area contributed by atoms with Crippen molar-refractivity contribution in [3.8, 4) is 0 Å². The van der Waals surface area contributed by atoms with Gasteiger partial charge in [0.05, 0.1) is 10.9 Å². The molecule has 14 heteroatoms. The number of carboxylic acid groups (broad SMARTS) is 1. The molecule has 3 aliphatic rings. The second-order valence-corrected chi connectivity index (χ2v) is 10.8. The predicted octanol–water partition coefficient (Wildman–Crippen LogP) is 1.69. The van der Waals surface area contributed by atoms with Gasteiger partial charge in [-0.25, -0.2) is 17.9 Å². The fourth-order valence-corrected chi connectivity index (χ4v) is 5.87. The number of halogens is 3. The van der Waals surface area contributed by atoms with Crippen LogP contribution in [0.1, 0.15) is 37.1 Å². The zero-order chi connectivity index (χ0) is 22.2. The Balaban J connectivity index is 0.000000318. The van der Waals surface area contributed by atoms with Crippen molar-refractivity contribution >= 4 is 32.5 Å². The first-order valence-electron chi connectivity index (χ1n) is 9.40. The van der Waals surface area contributed by atoms with Gasteiger partial charge < -0.3 is 14.7 Å². The van der Waals surface area contributed by atoms with Crippen LogP contribution in [0.5, 0.6) is 0 Å². The topological polar surface area (TPSA) is 122 Å². The number of hydrogen-bond donors (Lipinski definition) is 2. The molecule has 3 heterocycles. The van der Waals surface area contributed by atoms with E-state index < -0.39 is 22.2 Å². The molecule has 2 N–H and O–H groups in total. The van der Waals surface area contributed by atoms with Gasteiger partial charge in [-0.05, 0) is 39.0 Å². The van der Waals surface area contributed by atoms with Gasteiger partial charge in [0.1, 0.15) is 5.01 Å². The van der Waals surface area contributed by atoms with Crippen molar-refractivity contribution in [3.63, 3.8) is 0 Å². The monoisotopic (exact) mass is 472 g/mol. The largest absolute Gasteiger partial charge is 0.490 e. The summed E-state index contributed by atoms with van der Waals surface area (Å²) in [6, 6.07) is -0.00884. The number of rotatable bonds is 4. The SMILES string of the molecule is Cc1nnc(N2CC[C@@]3(C[C@H](NS(=O)(=O)C4CC4)CCO3)C2)s1.O=C(O)C(F)(F)F. The Bertz CT molecular complexity index is 874. The lowest BCUT2D eigenvalue weighted by Crippen LogP contribution is -2.50. The molecule has 2 atom stereocenters. The minimum atomic E-state index is -5.08. The van der Waals surface area contributed by atoms with Crippen molar-refractivity contribution in [3.05, 3.63) is 5.01 Å². The Hall–Kier alpha value is -1.51. The molecule has 0 amide bonds. The molecule has 0 bridgehead atoms. The van der Waals surface area contributed by atoms with E-state index in [1.807, 2.05) is 6.92 Å². The standard InChI is InChI=1S/C14H22N4O3S2.C2HF3O2/c1-10-15-16-13(22-10)18-6-5-14(9-18)8-11(4-7-21-14)17-23(19,20)12-2-3-12;3-2(4,5)1(6)7/h11-12,17H,2-9H2,1H3;(H,6,7)/t11-,14-;/m1./s1. The van der Waals surface area contributed by atoms with Crippen LogP contribution in [0.4, 0.5) is 18.3 Å². The molecule has 3 fully saturated rings. The first kappa shape index (κ1) is 23.2. The number of nitrogens with one attached hydrogen (secondary N) is 1. The first-order chi connectivity index (χ1) is 13.9. The van der Waals surface area contributed by atoms with Crippen molar-refractivity contribution < 1.29 is 36.2 Å². The normalized spacial score (nSPS) is 27.1. The number of carboxylic acids is 1. The molecule has 1 spiro atoms. The van der Waals surface area contributed by atoms with E-state index in [1.54, 1.807) is 11.3 Å². The number of aryl methyl sites for hydroxylation is 1. The van der Waals surface area contributed by atoms with Crippen molar-refractivity contribution in [2.24, 2.45) is 0 Å². The van der Waals surface area contributed by atoms with E-state index in [0.717, 1.165) is 55.3 Å². The Labute approximate surface area is 175 Å². The molecular formula is C16H23F3N4O5S2. The molecule has 1 saturated carbocycles. The number of ether oxygens (including phenoxy) is 1. The zero-order valence-corrected chi connectivity index (χ0v) is 17.8. The molecule has 30 heavy (non-hydrogen) atoms. The van der Waals surface area contributed by atoms with E-state index >= 15 is 0 Å². The quantitative estimate of drug-likeness (QED) is 0.679. The molecule has 2 aliphatic heterocycles. The first-order valence-corrected chi connectivity index (χ1v) is 11.8. The number of aliphatic carboxylic acids is 1. The molecule has 4 rings (SSSR count). The van der Waals surface area contributed by atoms with E-state index in [2.05, 4.69) is 19.8 Å². The molecule has 170 valence electrons. The zero-order valence-electron chi connectivity index (χ0n) is 16.2. The number of nitrogens with zero attached hydrogens (tertiary/aromatic N) is 3. The molecule has 2 saturated heterocycles. The Morgan fingerprint density at radius 3 is 2.53 bits per heavy atom. The molecule has 1 aromatic heterocycles. The minimum Gasteiger partial charge on any atom is -0.475 e. The van der Waals surface area contributed by atoms with E-state index in [9.17, 15) is 21.6 Å². The second kappa shape index (κ2) is 8.55. The Morgan fingerprint density at radius 2 is 2.00 bits per heavy atom. The summed E-state index contributed by atoms with van der Waals surface area (Å²) in [6.07, 6.45) is -1.08. The van der Waals surface area contributed by atoms with Gasteiger partial charge in [-0.3, -0.25) is 0 Å². The van der Waals surface area contributed by atoms with Crippen molar-refractivity contribution in [2.45, 2.75) is 62.1 Å². The van der Waals surface area contributed by atoms with Gasteiger partial charge in [-0.1, -0.05) is 11.3 Å². The van der Waals surface area contributed by atoms with Crippen LogP contribution in [0.3, 0.4) is 0 Å². The van der Waals surface area contributed by atoms with Gasteiger partial charge in [-0.2, -0.15) is 13.2 Å². The fourth-order valence-electron chi connectivity index (χ4n) is 3.54. The Kier molecular flexibility index (Phi) is 6.60. The Morgan fingerprint density at radius 1 is 1.33 bits per heavy atom. The average Bonchev–Trinajstić information content (AvgIpc) is 3.31. The summed E-state index contributed by atoms with van der Waals surface area (Å²) >= 11 is 1.59. The van der Waals surface area contributed by atoms with E-state index in [-0.39, 0.29) is 16.9 Å². The van der Waals surface area contributed by atoms with Crippen LogP contribution in [0.15, 0.2) is 0 Å². The second-order valence-electron chi connectivity index (χ2n) is 7.66. The number of hydrogen-bond acceptors (Lipinski definition) is 8. The molecule has 0 unspecified atom stereocenters. The summed E-state index contributed by atoms with van der Waals surface area (Å²) in [7, 11) is -3.13. The maximum atomic E-state index is 12.2. The van der Waals surface area contributed by atoms with Crippen molar-refractivity contribution in [2.75, 3.05) is 24.6 Å². The third-order valence-electron chi connectivity index (χ3n) is 5.13. The highest BCUT2D eigenvalue weighted by Crippen LogP contribution is 2.38. The van der Waals surface area contributed by atoms with Gasteiger partial charge in [0.15, 0.2) is 0 Å². The van der Waals surface area contributed by atoms with Crippen LogP contribution in [-0.2, 0) is 19.6 Å². The van der Waals surface area contributed by atoms with Crippen LogP contribution in [0.2, 0.25) is 0 Å². The fraction of sp³-hybridized carbons (Fsp3) is 0.812. The smallest absolute Gasteiger partial charge is 0.475 e. The lowest BCUT2D eigenvalue weighted by molar-refractivity contribution is -0.192. The number of aromatic nitrogens is 2. The van der Waals surface area contributed by atoms with Gasteiger partial charge in [0.25, 0.3) is 0 Å².